The summed E-state index contributed by atoms with van der Waals surface area (Å²) < 4.78 is 14.6. The Hall–Kier alpha value is -2.29. The van der Waals surface area contributed by atoms with Crippen LogP contribution in [0.2, 0.25) is 0 Å². The maximum absolute atomic E-state index is 12.0. The Kier molecular flexibility index (Phi) is 19.9. The van der Waals surface area contributed by atoms with Crippen LogP contribution in [0.15, 0.2) is 30.3 Å². The Balaban J connectivity index is 0. The number of aldehydes is 1. The standard InChI is InChI=1S/C16H30N2O3.C8H10O.C2H6O.CH2O/c1-15(2,3)21-14(20)18-11-9-17(10-12-18)8-6-16(4,5)7-13-19;1-9-7-8-5-3-2-4-6-8;1-3-2;1-2/h13H,6-12H2,1-5H3;2-6H,7H2,1H3;1-2H3;1H2. The second-order valence-electron chi connectivity index (χ2n) is 9.92. The molecule has 8 heteroatoms. The summed E-state index contributed by atoms with van der Waals surface area (Å²) in [4.78, 5) is 34.7. The van der Waals surface area contributed by atoms with Crippen molar-refractivity contribution >= 4 is 19.2 Å². The average Bonchev–Trinajstić information content (AvgIpc) is 2.80. The van der Waals surface area contributed by atoms with E-state index in [0.717, 1.165) is 32.3 Å². The molecule has 0 aromatic heterocycles. The Bertz CT molecular complexity index is 653. The lowest BCUT2D eigenvalue weighted by Gasteiger charge is -2.36. The molecule has 1 aliphatic heterocycles. The number of hydrogen-bond acceptors (Lipinski definition) is 7. The van der Waals surface area contributed by atoms with Crippen molar-refractivity contribution in [3.8, 4) is 0 Å². The van der Waals surface area contributed by atoms with E-state index in [0.29, 0.717) is 26.1 Å². The number of carbonyl (C=O) groups excluding carboxylic acids is 3. The van der Waals surface area contributed by atoms with Crippen LogP contribution in [0.1, 0.15) is 53.0 Å². The molecular formula is C27H48N2O6. The third-order valence-corrected chi connectivity index (χ3v) is 4.92. The first-order valence-electron chi connectivity index (χ1n) is 11.8. The van der Waals surface area contributed by atoms with Gasteiger partial charge in [0.15, 0.2) is 0 Å². The van der Waals surface area contributed by atoms with Crippen LogP contribution in [0.5, 0.6) is 0 Å². The molecule has 202 valence electrons. The van der Waals surface area contributed by atoms with Gasteiger partial charge in [0.25, 0.3) is 0 Å². The fraction of sp³-hybridized carbons (Fsp3) is 0.667. The van der Waals surface area contributed by atoms with Crippen LogP contribution in [-0.2, 0) is 30.4 Å². The summed E-state index contributed by atoms with van der Waals surface area (Å²) >= 11 is 0. The van der Waals surface area contributed by atoms with Gasteiger partial charge in [-0.1, -0.05) is 44.2 Å². The Morgan fingerprint density at radius 3 is 1.91 bits per heavy atom. The number of hydrogen-bond donors (Lipinski definition) is 0. The third kappa shape index (κ3) is 19.7. The quantitative estimate of drug-likeness (QED) is 0.515. The normalized spacial score (nSPS) is 13.7. The van der Waals surface area contributed by atoms with E-state index in [1.54, 1.807) is 26.2 Å². The van der Waals surface area contributed by atoms with Crippen molar-refractivity contribution < 1.29 is 28.6 Å². The van der Waals surface area contributed by atoms with E-state index in [1.165, 1.54) is 5.56 Å². The molecule has 0 N–H and O–H groups in total. The van der Waals surface area contributed by atoms with Crippen LogP contribution in [0, 0.1) is 5.41 Å². The number of benzene rings is 1. The first-order valence-corrected chi connectivity index (χ1v) is 11.8. The van der Waals surface area contributed by atoms with Gasteiger partial charge in [0.2, 0.25) is 0 Å². The SMILES string of the molecule is C=O.CC(C)(CC=O)CCN1CCN(C(=O)OC(C)(C)C)CC1.COC.COCc1ccccc1. The summed E-state index contributed by atoms with van der Waals surface area (Å²) in [5.74, 6) is 0. The van der Waals surface area contributed by atoms with Gasteiger partial charge in [-0.15, -0.1) is 0 Å². The van der Waals surface area contributed by atoms with Crippen molar-refractivity contribution in [1.29, 1.82) is 0 Å². The third-order valence-electron chi connectivity index (χ3n) is 4.92. The Morgan fingerprint density at radius 1 is 0.971 bits per heavy atom. The molecule has 1 aliphatic rings. The molecule has 1 fully saturated rings. The minimum atomic E-state index is -0.437. The highest BCUT2D eigenvalue weighted by atomic mass is 16.6. The molecule has 0 bridgehead atoms. The second-order valence-corrected chi connectivity index (χ2v) is 9.92. The highest BCUT2D eigenvalue weighted by molar-refractivity contribution is 5.68. The summed E-state index contributed by atoms with van der Waals surface area (Å²) in [6, 6.07) is 10.1. The van der Waals surface area contributed by atoms with Gasteiger partial charge >= 0.3 is 6.09 Å². The molecule has 35 heavy (non-hydrogen) atoms. The number of rotatable bonds is 7. The molecule has 8 nitrogen and oxygen atoms in total. The summed E-state index contributed by atoms with van der Waals surface area (Å²) in [5.41, 5.74) is 0.844. The largest absolute Gasteiger partial charge is 0.444 e. The zero-order valence-corrected chi connectivity index (χ0v) is 23.2. The van der Waals surface area contributed by atoms with E-state index < -0.39 is 5.60 Å². The Morgan fingerprint density at radius 2 is 1.49 bits per heavy atom. The maximum atomic E-state index is 12.0. The van der Waals surface area contributed by atoms with Gasteiger partial charge in [-0.2, -0.15) is 0 Å². The average molecular weight is 497 g/mol. The van der Waals surface area contributed by atoms with E-state index in [9.17, 15) is 9.59 Å². The second kappa shape index (κ2) is 20.0. The van der Waals surface area contributed by atoms with Crippen molar-refractivity contribution in [1.82, 2.24) is 9.80 Å². The molecule has 1 amide bonds. The highest BCUT2D eigenvalue weighted by Gasteiger charge is 2.26. The summed E-state index contributed by atoms with van der Waals surface area (Å²) in [5, 5.41) is 0. The predicted octanol–water partition coefficient (Wildman–Crippen LogP) is 4.46. The molecule has 0 saturated carbocycles. The number of carbonyl (C=O) groups is 3. The molecule has 0 atom stereocenters. The van der Waals surface area contributed by atoms with Gasteiger partial charge in [-0.05, 0) is 44.7 Å². The molecule has 0 spiro atoms. The lowest BCUT2D eigenvalue weighted by molar-refractivity contribution is -0.109. The van der Waals surface area contributed by atoms with Gasteiger partial charge in [-0.25, -0.2) is 4.79 Å². The molecule has 0 radical (unpaired) electrons. The number of nitrogens with zero attached hydrogens (tertiary/aromatic N) is 2. The van der Waals surface area contributed by atoms with Gasteiger partial charge in [0, 0.05) is 53.9 Å². The molecule has 2 rings (SSSR count). The van der Waals surface area contributed by atoms with Crippen molar-refractivity contribution in [3.05, 3.63) is 35.9 Å². The molecule has 1 aromatic rings. The number of ether oxygens (including phenoxy) is 3. The lowest BCUT2D eigenvalue weighted by Crippen LogP contribution is -2.50. The van der Waals surface area contributed by atoms with Crippen LogP contribution in [0.25, 0.3) is 0 Å². The smallest absolute Gasteiger partial charge is 0.410 e. The summed E-state index contributed by atoms with van der Waals surface area (Å²) in [6.45, 7) is 16.8. The number of methoxy groups -OCH3 is 2. The zero-order valence-electron chi connectivity index (χ0n) is 23.2. The van der Waals surface area contributed by atoms with Crippen LogP contribution in [0.4, 0.5) is 4.79 Å². The highest BCUT2D eigenvalue weighted by Crippen LogP contribution is 2.24. The molecule has 0 unspecified atom stereocenters. The van der Waals surface area contributed by atoms with Gasteiger partial charge in [0.05, 0.1) is 6.61 Å². The Labute approximate surface area is 212 Å². The van der Waals surface area contributed by atoms with Crippen molar-refractivity contribution in [2.45, 2.75) is 59.7 Å². The van der Waals surface area contributed by atoms with Gasteiger partial charge in [0.1, 0.15) is 18.7 Å². The molecular weight excluding hydrogens is 448 g/mol. The lowest BCUT2D eigenvalue weighted by atomic mass is 9.86. The monoisotopic (exact) mass is 496 g/mol. The van der Waals surface area contributed by atoms with E-state index >= 15 is 0 Å². The summed E-state index contributed by atoms with van der Waals surface area (Å²) in [7, 11) is 4.95. The van der Waals surface area contributed by atoms with Crippen molar-refractivity contribution in [2.24, 2.45) is 5.41 Å². The van der Waals surface area contributed by atoms with Crippen LogP contribution >= 0.6 is 0 Å². The van der Waals surface area contributed by atoms with Gasteiger partial charge in [-0.3, -0.25) is 4.90 Å². The number of piperazine rings is 1. The van der Waals surface area contributed by atoms with E-state index in [2.05, 4.69) is 23.5 Å². The van der Waals surface area contributed by atoms with E-state index in [4.69, 9.17) is 14.3 Å². The first-order chi connectivity index (χ1) is 16.5. The molecule has 1 saturated heterocycles. The predicted molar refractivity (Wildman–Crippen MR) is 141 cm³/mol. The topological polar surface area (TPSA) is 85.4 Å². The zero-order chi connectivity index (χ0) is 27.3. The van der Waals surface area contributed by atoms with Crippen molar-refractivity contribution in [3.63, 3.8) is 0 Å². The van der Waals surface area contributed by atoms with Crippen LogP contribution in [-0.4, -0.2) is 88.6 Å². The van der Waals surface area contributed by atoms with E-state index in [1.807, 2.05) is 57.9 Å². The fourth-order valence-corrected chi connectivity index (χ4v) is 3.01. The van der Waals surface area contributed by atoms with E-state index in [-0.39, 0.29) is 11.5 Å². The number of amides is 1. The van der Waals surface area contributed by atoms with Gasteiger partial charge < -0.3 is 28.7 Å². The van der Waals surface area contributed by atoms with Crippen molar-refractivity contribution in [2.75, 3.05) is 54.1 Å². The molecule has 0 aliphatic carbocycles. The molecule has 1 aromatic carbocycles. The first kappa shape index (κ1) is 34.9. The molecule has 1 heterocycles. The van der Waals surface area contributed by atoms with Crippen LogP contribution < -0.4 is 0 Å². The fourth-order valence-electron chi connectivity index (χ4n) is 3.01. The minimum absolute atomic E-state index is 0.0596. The minimum Gasteiger partial charge on any atom is -0.444 e. The maximum Gasteiger partial charge on any atom is 0.410 e. The van der Waals surface area contributed by atoms with Crippen LogP contribution in [0.3, 0.4) is 0 Å². The summed E-state index contributed by atoms with van der Waals surface area (Å²) in [6.07, 6.45) is 2.38.